The van der Waals surface area contributed by atoms with E-state index in [-0.39, 0.29) is 18.1 Å². The van der Waals surface area contributed by atoms with Gasteiger partial charge < -0.3 is 15.0 Å². The van der Waals surface area contributed by atoms with E-state index in [1.54, 1.807) is 0 Å². The molecule has 1 aromatic heterocycles. The van der Waals surface area contributed by atoms with E-state index in [0.29, 0.717) is 24.3 Å². The molecule has 0 bridgehead atoms. The fourth-order valence-electron chi connectivity index (χ4n) is 2.93. The Morgan fingerprint density at radius 1 is 1.07 bits per heavy atom. The van der Waals surface area contributed by atoms with Gasteiger partial charge in [-0.15, -0.1) is 0 Å². The van der Waals surface area contributed by atoms with Crippen LogP contribution in [0.2, 0.25) is 0 Å². The van der Waals surface area contributed by atoms with E-state index in [4.69, 9.17) is 4.74 Å². The van der Waals surface area contributed by atoms with Crippen molar-refractivity contribution in [3.63, 3.8) is 0 Å². The molecule has 0 unspecified atom stereocenters. The number of hydrogen-bond donors (Lipinski definition) is 2. The van der Waals surface area contributed by atoms with Crippen molar-refractivity contribution in [2.24, 2.45) is 0 Å². The second-order valence-corrected chi connectivity index (χ2v) is 6.80. The summed E-state index contributed by atoms with van der Waals surface area (Å²) in [4.78, 5) is 27.2. The first kappa shape index (κ1) is 18.7. The molecule has 0 aliphatic carbocycles. The van der Waals surface area contributed by atoms with Crippen LogP contribution in [0, 0.1) is 20.8 Å². The minimum atomic E-state index is -0.209. The monoisotopic (exact) mass is 364 g/mol. The summed E-state index contributed by atoms with van der Waals surface area (Å²) in [7, 11) is 0. The summed E-state index contributed by atoms with van der Waals surface area (Å²) < 4.78 is 5.45. The summed E-state index contributed by atoms with van der Waals surface area (Å²) in [5.74, 6) is 0.451. The Morgan fingerprint density at radius 2 is 1.81 bits per heavy atom. The summed E-state index contributed by atoms with van der Waals surface area (Å²) in [6, 6.07) is 13.5. The average molecular weight is 364 g/mol. The van der Waals surface area contributed by atoms with Crippen molar-refractivity contribution in [2.75, 3.05) is 13.2 Å². The lowest BCUT2D eigenvalue weighted by molar-refractivity contribution is -0.123. The van der Waals surface area contributed by atoms with Crippen LogP contribution in [0.1, 0.15) is 22.3 Å². The van der Waals surface area contributed by atoms with Crippen molar-refractivity contribution in [3.05, 3.63) is 75.1 Å². The maximum absolute atomic E-state index is 12.3. The zero-order chi connectivity index (χ0) is 19.4. The molecule has 3 rings (SSSR count). The molecule has 0 aliphatic rings. The number of rotatable bonds is 6. The van der Waals surface area contributed by atoms with Gasteiger partial charge in [-0.25, -0.2) is 0 Å². The first-order chi connectivity index (χ1) is 12.9. The number of ether oxygens (including phenoxy) is 1. The quantitative estimate of drug-likeness (QED) is 0.706. The van der Waals surface area contributed by atoms with Gasteiger partial charge in [0.2, 0.25) is 0 Å². The molecule has 0 radical (unpaired) electrons. The lowest BCUT2D eigenvalue weighted by Crippen LogP contribution is -2.31. The predicted molar refractivity (Wildman–Crippen MR) is 107 cm³/mol. The Morgan fingerprint density at radius 3 is 2.56 bits per heavy atom. The number of amides is 1. The SMILES string of the molecule is Cc1ccc(OCC(=O)NCCc2cc3ccc(C)c(C)c3[nH]c2=O)cc1. The number of fused-ring (bicyclic) bond motifs is 1. The van der Waals surface area contributed by atoms with Crippen LogP contribution < -0.4 is 15.6 Å². The highest BCUT2D eigenvalue weighted by atomic mass is 16.5. The number of aromatic amines is 1. The Hall–Kier alpha value is -3.08. The van der Waals surface area contributed by atoms with Crippen molar-refractivity contribution >= 4 is 16.8 Å². The van der Waals surface area contributed by atoms with E-state index in [0.717, 1.165) is 27.6 Å². The molecule has 1 amide bonds. The van der Waals surface area contributed by atoms with E-state index in [1.165, 1.54) is 0 Å². The van der Waals surface area contributed by atoms with Gasteiger partial charge in [-0.05, 0) is 61.9 Å². The smallest absolute Gasteiger partial charge is 0.257 e. The van der Waals surface area contributed by atoms with Crippen LogP contribution in [0.25, 0.3) is 10.9 Å². The van der Waals surface area contributed by atoms with Crippen LogP contribution in [-0.4, -0.2) is 24.0 Å². The third kappa shape index (κ3) is 4.56. The Balaban J connectivity index is 1.56. The number of hydrogen-bond acceptors (Lipinski definition) is 3. The highest BCUT2D eigenvalue weighted by Crippen LogP contribution is 2.19. The first-order valence-electron chi connectivity index (χ1n) is 9.02. The third-order valence-corrected chi connectivity index (χ3v) is 4.74. The van der Waals surface area contributed by atoms with Crippen molar-refractivity contribution in [1.82, 2.24) is 10.3 Å². The lowest BCUT2D eigenvalue weighted by Gasteiger charge is -2.09. The highest BCUT2D eigenvalue weighted by Gasteiger charge is 2.08. The first-order valence-corrected chi connectivity index (χ1v) is 9.02. The maximum atomic E-state index is 12.3. The van der Waals surface area contributed by atoms with Gasteiger partial charge in [0, 0.05) is 12.1 Å². The van der Waals surface area contributed by atoms with Gasteiger partial charge in [-0.1, -0.05) is 29.8 Å². The van der Waals surface area contributed by atoms with Gasteiger partial charge in [-0.2, -0.15) is 0 Å². The standard InChI is InChI=1S/C22H24N2O3/c1-14-4-8-19(9-5-14)27-13-20(25)23-11-10-18-12-17-7-6-15(2)16(3)21(17)24-22(18)26/h4-9,12H,10-11,13H2,1-3H3,(H,23,25)(H,24,26). The number of aromatic nitrogens is 1. The molecule has 5 nitrogen and oxygen atoms in total. The summed E-state index contributed by atoms with van der Waals surface area (Å²) >= 11 is 0. The van der Waals surface area contributed by atoms with E-state index < -0.39 is 0 Å². The largest absolute Gasteiger partial charge is 0.484 e. The number of benzene rings is 2. The van der Waals surface area contributed by atoms with Gasteiger partial charge in [0.15, 0.2) is 6.61 Å². The molecule has 1 heterocycles. The van der Waals surface area contributed by atoms with Crippen LogP contribution in [-0.2, 0) is 11.2 Å². The van der Waals surface area contributed by atoms with Crippen molar-refractivity contribution in [3.8, 4) is 5.75 Å². The molecule has 0 fully saturated rings. The minimum Gasteiger partial charge on any atom is -0.484 e. The van der Waals surface area contributed by atoms with Gasteiger partial charge in [0.1, 0.15) is 5.75 Å². The molecule has 2 aromatic carbocycles. The number of H-pyrrole nitrogens is 1. The summed E-state index contributed by atoms with van der Waals surface area (Å²) in [6.07, 6.45) is 0.467. The predicted octanol–water partition coefficient (Wildman–Crippen LogP) is 3.19. The molecule has 0 atom stereocenters. The summed E-state index contributed by atoms with van der Waals surface area (Å²) in [5, 5.41) is 3.79. The second-order valence-electron chi connectivity index (χ2n) is 6.80. The molecule has 3 aromatic rings. The second kappa shape index (κ2) is 8.08. The van der Waals surface area contributed by atoms with Gasteiger partial charge in [0.25, 0.3) is 11.5 Å². The molecule has 140 valence electrons. The van der Waals surface area contributed by atoms with Crippen molar-refractivity contribution in [2.45, 2.75) is 27.2 Å². The van der Waals surface area contributed by atoms with Crippen LogP contribution in [0.3, 0.4) is 0 Å². The molecular weight excluding hydrogens is 340 g/mol. The zero-order valence-electron chi connectivity index (χ0n) is 15.9. The van der Waals surface area contributed by atoms with E-state index >= 15 is 0 Å². The number of nitrogens with one attached hydrogen (secondary N) is 2. The van der Waals surface area contributed by atoms with Gasteiger partial charge in [0.05, 0.1) is 5.52 Å². The molecule has 0 saturated heterocycles. The molecule has 0 spiro atoms. The van der Waals surface area contributed by atoms with E-state index in [2.05, 4.69) is 10.3 Å². The summed E-state index contributed by atoms with van der Waals surface area (Å²) in [5.41, 5.74) is 4.79. The van der Waals surface area contributed by atoms with E-state index in [1.807, 2.05) is 63.2 Å². The Labute approximate surface area is 158 Å². The normalized spacial score (nSPS) is 10.8. The van der Waals surface area contributed by atoms with Gasteiger partial charge >= 0.3 is 0 Å². The Kier molecular flexibility index (Phi) is 5.60. The lowest BCUT2D eigenvalue weighted by atomic mass is 10.0. The zero-order valence-corrected chi connectivity index (χ0v) is 15.9. The van der Waals surface area contributed by atoms with Crippen molar-refractivity contribution in [1.29, 1.82) is 0 Å². The molecule has 0 aliphatic heterocycles. The number of pyridine rings is 1. The highest BCUT2D eigenvalue weighted by molar-refractivity contribution is 5.83. The fourth-order valence-corrected chi connectivity index (χ4v) is 2.93. The molecule has 0 saturated carbocycles. The van der Waals surface area contributed by atoms with Crippen LogP contribution in [0.15, 0.2) is 47.3 Å². The average Bonchev–Trinajstić information content (AvgIpc) is 2.65. The van der Waals surface area contributed by atoms with Crippen LogP contribution in [0.5, 0.6) is 5.75 Å². The molecule has 27 heavy (non-hydrogen) atoms. The van der Waals surface area contributed by atoms with Crippen LogP contribution >= 0.6 is 0 Å². The van der Waals surface area contributed by atoms with E-state index in [9.17, 15) is 9.59 Å². The Bertz CT molecular complexity index is 1020. The number of carbonyl (C=O) groups excluding carboxylic acids is 1. The van der Waals surface area contributed by atoms with Crippen LogP contribution in [0.4, 0.5) is 0 Å². The number of carbonyl (C=O) groups is 1. The summed E-state index contributed by atoms with van der Waals surface area (Å²) in [6.45, 7) is 6.36. The minimum absolute atomic E-state index is 0.0460. The molecule has 2 N–H and O–H groups in total. The topological polar surface area (TPSA) is 71.2 Å². The van der Waals surface area contributed by atoms with Gasteiger partial charge in [-0.3, -0.25) is 9.59 Å². The van der Waals surface area contributed by atoms with Crippen molar-refractivity contribution < 1.29 is 9.53 Å². The fraction of sp³-hybridized carbons (Fsp3) is 0.273. The third-order valence-electron chi connectivity index (χ3n) is 4.74. The molecular formula is C22H24N2O3. The maximum Gasteiger partial charge on any atom is 0.257 e. The molecule has 5 heteroatoms. The number of aryl methyl sites for hydroxylation is 3.